The first-order chi connectivity index (χ1) is 10.7. The van der Waals surface area contributed by atoms with Crippen molar-refractivity contribution in [3.8, 4) is 23.0 Å². The van der Waals surface area contributed by atoms with Gasteiger partial charge in [0.15, 0.2) is 0 Å². The van der Waals surface area contributed by atoms with Gasteiger partial charge in [-0.15, -0.1) is 0 Å². The van der Waals surface area contributed by atoms with Gasteiger partial charge < -0.3 is 9.51 Å². The monoisotopic (exact) mass is 302 g/mol. The van der Waals surface area contributed by atoms with E-state index in [-0.39, 0.29) is 6.54 Å². The number of aromatic nitrogens is 6. The summed E-state index contributed by atoms with van der Waals surface area (Å²) in [6.45, 7) is 1.69. The second kappa shape index (κ2) is 5.04. The van der Waals surface area contributed by atoms with Gasteiger partial charge in [-0.2, -0.15) is 10.1 Å². The van der Waals surface area contributed by atoms with Crippen molar-refractivity contribution in [3.63, 3.8) is 0 Å². The van der Waals surface area contributed by atoms with E-state index >= 15 is 0 Å². The standard InChI is InChI=1S/C14H15FN6O/c1-8-11(18-12(17-8)9-2-3-9)14-19-13(20-22-14)10-6-16-21(7-10)5-4-15/h6-7,9H,2-5H2,1H3,(H,17,18). The van der Waals surface area contributed by atoms with Crippen LogP contribution in [0.3, 0.4) is 0 Å². The molecule has 7 nitrogen and oxygen atoms in total. The molecule has 3 aromatic heterocycles. The fourth-order valence-electron chi connectivity index (χ4n) is 2.37. The van der Waals surface area contributed by atoms with Crippen molar-refractivity contribution in [1.82, 2.24) is 29.9 Å². The molecular formula is C14H15FN6O. The van der Waals surface area contributed by atoms with Gasteiger partial charge in [0.25, 0.3) is 5.89 Å². The van der Waals surface area contributed by atoms with Gasteiger partial charge >= 0.3 is 0 Å². The highest BCUT2D eigenvalue weighted by Crippen LogP contribution is 2.39. The van der Waals surface area contributed by atoms with E-state index in [4.69, 9.17) is 4.52 Å². The molecule has 1 aliphatic carbocycles. The van der Waals surface area contributed by atoms with E-state index in [0.29, 0.717) is 28.9 Å². The number of halogens is 1. The van der Waals surface area contributed by atoms with Crippen LogP contribution in [0.25, 0.3) is 23.0 Å². The predicted molar refractivity (Wildman–Crippen MR) is 75.8 cm³/mol. The van der Waals surface area contributed by atoms with Crippen molar-refractivity contribution in [2.45, 2.75) is 32.2 Å². The SMILES string of the molecule is Cc1[nH]c(C2CC2)nc1-c1nc(-c2cnn(CCF)c2)no1. The molecule has 4 rings (SSSR count). The molecule has 0 spiro atoms. The van der Waals surface area contributed by atoms with Crippen LogP contribution in [0.4, 0.5) is 4.39 Å². The van der Waals surface area contributed by atoms with Crippen LogP contribution in [0.1, 0.15) is 30.3 Å². The number of hydrogen-bond acceptors (Lipinski definition) is 5. The Morgan fingerprint density at radius 2 is 2.27 bits per heavy atom. The smallest absolute Gasteiger partial charge is 0.278 e. The summed E-state index contributed by atoms with van der Waals surface area (Å²) in [7, 11) is 0. The second-order valence-electron chi connectivity index (χ2n) is 5.47. The lowest BCUT2D eigenvalue weighted by Gasteiger charge is -1.92. The highest BCUT2D eigenvalue weighted by atomic mass is 19.1. The molecule has 0 aliphatic heterocycles. The maximum absolute atomic E-state index is 12.3. The normalized spacial score (nSPS) is 14.6. The van der Waals surface area contributed by atoms with Crippen molar-refractivity contribution in [3.05, 3.63) is 23.9 Å². The van der Waals surface area contributed by atoms with E-state index in [1.165, 1.54) is 17.5 Å². The van der Waals surface area contributed by atoms with Gasteiger partial charge in [0.2, 0.25) is 5.82 Å². The van der Waals surface area contributed by atoms with Gasteiger partial charge in [-0.1, -0.05) is 5.16 Å². The van der Waals surface area contributed by atoms with Crippen LogP contribution in [0.2, 0.25) is 0 Å². The Kier molecular flexibility index (Phi) is 3.02. The zero-order valence-electron chi connectivity index (χ0n) is 12.1. The number of nitrogens with one attached hydrogen (secondary N) is 1. The molecule has 0 bridgehead atoms. The Bertz CT molecular complexity index is 800. The van der Waals surface area contributed by atoms with Gasteiger partial charge in [-0.25, -0.2) is 9.37 Å². The van der Waals surface area contributed by atoms with Gasteiger partial charge in [0.1, 0.15) is 18.2 Å². The molecule has 3 heterocycles. The van der Waals surface area contributed by atoms with E-state index in [2.05, 4.69) is 25.2 Å². The van der Waals surface area contributed by atoms with Crippen molar-refractivity contribution in [2.75, 3.05) is 6.67 Å². The third kappa shape index (κ3) is 2.30. The second-order valence-corrected chi connectivity index (χ2v) is 5.47. The Hall–Kier alpha value is -2.51. The summed E-state index contributed by atoms with van der Waals surface area (Å²) in [5.41, 5.74) is 2.31. The van der Waals surface area contributed by atoms with E-state index in [1.807, 2.05) is 6.92 Å². The molecule has 1 saturated carbocycles. The van der Waals surface area contributed by atoms with Gasteiger partial charge in [-0.05, 0) is 19.8 Å². The third-order valence-corrected chi connectivity index (χ3v) is 3.70. The summed E-state index contributed by atoms with van der Waals surface area (Å²) in [5.74, 6) is 2.33. The molecular weight excluding hydrogens is 287 g/mol. The first-order valence-corrected chi connectivity index (χ1v) is 7.24. The van der Waals surface area contributed by atoms with Gasteiger partial charge in [0.05, 0.1) is 18.3 Å². The molecule has 0 atom stereocenters. The maximum atomic E-state index is 12.3. The highest BCUT2D eigenvalue weighted by molar-refractivity contribution is 5.57. The number of H-pyrrole nitrogens is 1. The van der Waals surface area contributed by atoms with Crippen molar-refractivity contribution in [1.29, 1.82) is 0 Å². The maximum Gasteiger partial charge on any atom is 0.278 e. The molecule has 0 amide bonds. The largest absolute Gasteiger partial charge is 0.345 e. The van der Waals surface area contributed by atoms with E-state index in [9.17, 15) is 4.39 Å². The summed E-state index contributed by atoms with van der Waals surface area (Å²) >= 11 is 0. The van der Waals surface area contributed by atoms with Crippen LogP contribution in [-0.2, 0) is 6.54 Å². The molecule has 22 heavy (non-hydrogen) atoms. The van der Waals surface area contributed by atoms with Gasteiger partial charge in [0, 0.05) is 17.8 Å². The molecule has 1 fully saturated rings. The summed E-state index contributed by atoms with van der Waals surface area (Å²) in [6.07, 6.45) is 5.64. The van der Waals surface area contributed by atoms with Crippen LogP contribution < -0.4 is 0 Å². The summed E-state index contributed by atoms with van der Waals surface area (Å²) in [6, 6.07) is 0. The van der Waals surface area contributed by atoms with E-state index < -0.39 is 6.67 Å². The van der Waals surface area contributed by atoms with Crippen molar-refractivity contribution < 1.29 is 8.91 Å². The molecule has 0 unspecified atom stereocenters. The first-order valence-electron chi connectivity index (χ1n) is 7.24. The quantitative estimate of drug-likeness (QED) is 0.782. The fourth-order valence-corrected chi connectivity index (χ4v) is 2.37. The number of nitrogens with zero attached hydrogens (tertiary/aromatic N) is 5. The third-order valence-electron chi connectivity index (χ3n) is 3.70. The zero-order chi connectivity index (χ0) is 15.1. The number of alkyl halides is 1. The Labute approximate surface area is 125 Å². The summed E-state index contributed by atoms with van der Waals surface area (Å²) in [4.78, 5) is 12.2. The fraction of sp³-hybridized carbons (Fsp3) is 0.429. The zero-order valence-corrected chi connectivity index (χ0v) is 12.1. The minimum Gasteiger partial charge on any atom is -0.345 e. The molecule has 0 aromatic carbocycles. The van der Waals surface area contributed by atoms with Gasteiger partial charge in [-0.3, -0.25) is 4.68 Å². The minimum atomic E-state index is -0.463. The van der Waals surface area contributed by atoms with Crippen molar-refractivity contribution >= 4 is 0 Å². The average Bonchev–Trinajstić information content (AvgIpc) is 2.91. The lowest BCUT2D eigenvalue weighted by Crippen LogP contribution is -1.98. The topological polar surface area (TPSA) is 85.4 Å². The lowest BCUT2D eigenvalue weighted by atomic mass is 10.3. The number of hydrogen-bond donors (Lipinski definition) is 1. The first kappa shape index (κ1) is 13.2. The number of aromatic amines is 1. The molecule has 0 saturated heterocycles. The molecule has 0 radical (unpaired) electrons. The molecule has 8 heteroatoms. The van der Waals surface area contributed by atoms with Crippen LogP contribution in [0.15, 0.2) is 16.9 Å². The summed E-state index contributed by atoms with van der Waals surface area (Å²) < 4.78 is 19.1. The minimum absolute atomic E-state index is 0.216. The van der Waals surface area contributed by atoms with E-state index in [0.717, 1.165) is 11.5 Å². The van der Waals surface area contributed by atoms with Crippen LogP contribution in [-0.4, -0.2) is 36.6 Å². The highest BCUT2D eigenvalue weighted by Gasteiger charge is 2.28. The number of aryl methyl sites for hydroxylation is 2. The number of rotatable bonds is 5. The Morgan fingerprint density at radius 3 is 3.05 bits per heavy atom. The number of imidazole rings is 1. The Morgan fingerprint density at radius 1 is 1.41 bits per heavy atom. The molecule has 1 aliphatic rings. The average molecular weight is 302 g/mol. The molecule has 114 valence electrons. The van der Waals surface area contributed by atoms with E-state index in [1.54, 1.807) is 12.4 Å². The van der Waals surface area contributed by atoms with Crippen LogP contribution in [0, 0.1) is 6.92 Å². The molecule has 1 N–H and O–H groups in total. The summed E-state index contributed by atoms with van der Waals surface area (Å²) in [5, 5.41) is 8.01. The predicted octanol–water partition coefficient (Wildman–Crippen LogP) is 2.48. The van der Waals surface area contributed by atoms with Crippen LogP contribution in [0.5, 0.6) is 0 Å². The van der Waals surface area contributed by atoms with Crippen LogP contribution >= 0.6 is 0 Å². The Balaban J connectivity index is 1.62. The van der Waals surface area contributed by atoms with Crippen molar-refractivity contribution in [2.24, 2.45) is 0 Å². The molecule has 3 aromatic rings. The lowest BCUT2D eigenvalue weighted by molar-refractivity contribution is 0.427.